The van der Waals surface area contributed by atoms with Crippen molar-refractivity contribution in [2.24, 2.45) is 0 Å². The van der Waals surface area contributed by atoms with Gasteiger partial charge in [0, 0.05) is 38.7 Å². The van der Waals surface area contributed by atoms with E-state index in [-0.39, 0.29) is 0 Å². The van der Waals surface area contributed by atoms with Crippen LogP contribution in [-0.4, -0.2) is 24.5 Å². The molecular weight excluding hydrogens is 566 g/mol. The third-order valence-electron chi connectivity index (χ3n) is 8.28. The maximum atomic E-state index is 6.15. The molecule has 9 aromatic rings. The molecule has 46 heavy (non-hydrogen) atoms. The number of oxazole rings is 1. The number of aromatic nitrogens is 5. The highest BCUT2D eigenvalue weighted by atomic mass is 16.3. The smallest absolute Gasteiger partial charge is 0.227 e. The number of para-hydroxylation sites is 3. The molecule has 0 saturated carbocycles. The second kappa shape index (κ2) is 10.6. The largest absolute Gasteiger partial charge is 0.436 e. The average molecular weight is 592 g/mol. The molecule has 0 unspecified atom stereocenters. The second-order valence-electron chi connectivity index (χ2n) is 11.2. The van der Waals surface area contributed by atoms with Gasteiger partial charge in [0.2, 0.25) is 5.89 Å². The third-order valence-corrected chi connectivity index (χ3v) is 8.28. The summed E-state index contributed by atoms with van der Waals surface area (Å²) in [7, 11) is 0. The molecular formula is C40H25N5O. The zero-order valence-electron chi connectivity index (χ0n) is 24.6. The highest BCUT2D eigenvalue weighted by Gasteiger charge is 2.17. The van der Waals surface area contributed by atoms with Crippen molar-refractivity contribution in [3.05, 3.63) is 152 Å². The number of benzene rings is 6. The van der Waals surface area contributed by atoms with E-state index < -0.39 is 0 Å². The molecule has 0 fully saturated rings. The molecule has 0 amide bonds. The Balaban J connectivity index is 1.23. The Morgan fingerprint density at radius 1 is 0.413 bits per heavy atom. The van der Waals surface area contributed by atoms with E-state index >= 15 is 0 Å². The van der Waals surface area contributed by atoms with Crippen LogP contribution in [0.25, 0.3) is 84.2 Å². The van der Waals surface area contributed by atoms with Crippen LogP contribution in [0.4, 0.5) is 0 Å². The Hall–Kier alpha value is -6.40. The molecule has 0 aliphatic carbocycles. The molecule has 0 N–H and O–H groups in total. The minimum Gasteiger partial charge on any atom is -0.436 e. The first-order valence-corrected chi connectivity index (χ1v) is 15.2. The first kappa shape index (κ1) is 26.0. The van der Waals surface area contributed by atoms with Crippen LogP contribution < -0.4 is 0 Å². The lowest BCUT2D eigenvalue weighted by atomic mass is 10.1. The predicted octanol–water partition coefficient (Wildman–Crippen LogP) is 9.78. The quantitative estimate of drug-likeness (QED) is 0.199. The molecule has 6 aromatic carbocycles. The van der Waals surface area contributed by atoms with Gasteiger partial charge in [0.15, 0.2) is 23.1 Å². The van der Waals surface area contributed by atoms with Crippen molar-refractivity contribution in [1.29, 1.82) is 0 Å². The van der Waals surface area contributed by atoms with E-state index in [9.17, 15) is 0 Å². The van der Waals surface area contributed by atoms with E-state index in [1.807, 2.05) is 84.9 Å². The summed E-state index contributed by atoms with van der Waals surface area (Å²) in [6.45, 7) is 0. The van der Waals surface area contributed by atoms with Crippen LogP contribution >= 0.6 is 0 Å². The Labute approximate surface area is 264 Å². The second-order valence-corrected chi connectivity index (χ2v) is 11.2. The topological polar surface area (TPSA) is 69.6 Å². The zero-order valence-corrected chi connectivity index (χ0v) is 24.6. The van der Waals surface area contributed by atoms with E-state index in [1.165, 1.54) is 5.39 Å². The van der Waals surface area contributed by atoms with E-state index in [2.05, 4.69) is 71.3 Å². The van der Waals surface area contributed by atoms with E-state index in [4.69, 9.17) is 24.4 Å². The lowest BCUT2D eigenvalue weighted by Gasteiger charge is -2.12. The van der Waals surface area contributed by atoms with Gasteiger partial charge in [-0.1, -0.05) is 109 Å². The van der Waals surface area contributed by atoms with Crippen LogP contribution in [0.1, 0.15) is 0 Å². The van der Waals surface area contributed by atoms with Crippen molar-refractivity contribution in [2.45, 2.75) is 0 Å². The Bertz CT molecular complexity index is 2440. The highest BCUT2D eigenvalue weighted by Crippen LogP contribution is 2.36. The predicted molar refractivity (Wildman–Crippen MR) is 183 cm³/mol. The van der Waals surface area contributed by atoms with Gasteiger partial charge < -0.3 is 8.98 Å². The number of fused-ring (bicyclic) bond motifs is 4. The molecule has 0 bridgehead atoms. The maximum absolute atomic E-state index is 6.15. The first-order valence-electron chi connectivity index (χ1n) is 15.2. The summed E-state index contributed by atoms with van der Waals surface area (Å²) in [5.74, 6) is 2.48. The van der Waals surface area contributed by atoms with Gasteiger partial charge in [-0.2, -0.15) is 0 Å². The van der Waals surface area contributed by atoms with Gasteiger partial charge in [-0.15, -0.1) is 0 Å². The summed E-state index contributed by atoms with van der Waals surface area (Å²) >= 11 is 0. The van der Waals surface area contributed by atoms with Gasteiger partial charge in [-0.25, -0.2) is 19.9 Å². The van der Waals surface area contributed by atoms with Gasteiger partial charge in [-0.05, 0) is 42.5 Å². The van der Waals surface area contributed by atoms with E-state index in [0.717, 1.165) is 55.5 Å². The molecule has 216 valence electrons. The van der Waals surface area contributed by atoms with E-state index in [1.54, 1.807) is 0 Å². The molecule has 9 rings (SSSR count). The van der Waals surface area contributed by atoms with Gasteiger partial charge in [0.05, 0.1) is 11.0 Å². The minimum absolute atomic E-state index is 0.598. The fourth-order valence-electron chi connectivity index (χ4n) is 6.10. The lowest BCUT2D eigenvalue weighted by molar-refractivity contribution is 0.620. The molecule has 0 aliphatic rings. The fraction of sp³-hybridized carbons (Fsp3) is 0. The molecule has 3 heterocycles. The van der Waals surface area contributed by atoms with Crippen LogP contribution in [0, 0.1) is 0 Å². The van der Waals surface area contributed by atoms with Crippen molar-refractivity contribution in [1.82, 2.24) is 24.5 Å². The van der Waals surface area contributed by atoms with Gasteiger partial charge in [0.25, 0.3) is 0 Å². The number of nitrogens with zero attached hydrogens (tertiary/aromatic N) is 5. The zero-order chi connectivity index (χ0) is 30.5. The Kier molecular flexibility index (Phi) is 6.03. The number of hydrogen-bond donors (Lipinski definition) is 0. The fourth-order valence-corrected chi connectivity index (χ4v) is 6.10. The number of rotatable bonds is 5. The van der Waals surface area contributed by atoms with Crippen molar-refractivity contribution in [3.63, 3.8) is 0 Å². The molecule has 6 nitrogen and oxygen atoms in total. The van der Waals surface area contributed by atoms with Gasteiger partial charge >= 0.3 is 0 Å². The van der Waals surface area contributed by atoms with Crippen molar-refractivity contribution >= 4 is 32.9 Å². The number of hydrogen-bond acceptors (Lipinski definition) is 5. The van der Waals surface area contributed by atoms with E-state index in [0.29, 0.717) is 23.4 Å². The highest BCUT2D eigenvalue weighted by molar-refractivity contribution is 6.10. The SMILES string of the molecule is c1ccc(-c2nc(-c3ccccc3)nc(-c3cccc(-n4c5ccccc5c5ccc(-c6nc7ccccc7o6)cc54)c3)n2)cc1. The summed E-state index contributed by atoms with van der Waals surface area (Å²) in [6.07, 6.45) is 0. The summed E-state index contributed by atoms with van der Waals surface area (Å²) in [4.78, 5) is 19.6. The van der Waals surface area contributed by atoms with Crippen LogP contribution in [0.3, 0.4) is 0 Å². The summed E-state index contributed by atoms with van der Waals surface area (Å²) in [6, 6.07) is 51.2. The van der Waals surface area contributed by atoms with Crippen LogP contribution in [0.2, 0.25) is 0 Å². The third kappa shape index (κ3) is 4.43. The lowest BCUT2D eigenvalue weighted by Crippen LogP contribution is -2.01. The summed E-state index contributed by atoms with van der Waals surface area (Å²) < 4.78 is 8.44. The standard InChI is InChI=1S/C40H25N5O/c1-3-12-26(13-4-1)37-42-38(27-14-5-2-6-15-27)44-39(43-37)28-16-11-17-30(24-28)45-34-20-9-7-18-31(34)32-23-22-29(25-35(32)45)40-41-33-19-8-10-21-36(33)46-40/h1-25H. The van der Waals surface area contributed by atoms with Crippen molar-refractivity contribution < 1.29 is 4.42 Å². The molecule has 0 spiro atoms. The maximum Gasteiger partial charge on any atom is 0.227 e. The molecule has 0 saturated heterocycles. The van der Waals surface area contributed by atoms with Gasteiger partial charge in [0.1, 0.15) is 5.52 Å². The van der Waals surface area contributed by atoms with Gasteiger partial charge in [-0.3, -0.25) is 0 Å². The van der Waals surface area contributed by atoms with Crippen molar-refractivity contribution in [2.75, 3.05) is 0 Å². The Morgan fingerprint density at radius 2 is 1.02 bits per heavy atom. The average Bonchev–Trinajstić information content (AvgIpc) is 3.72. The summed E-state index contributed by atoms with van der Waals surface area (Å²) in [5, 5.41) is 2.32. The van der Waals surface area contributed by atoms with Crippen LogP contribution in [-0.2, 0) is 0 Å². The van der Waals surface area contributed by atoms with Crippen LogP contribution in [0.15, 0.2) is 156 Å². The molecule has 0 aliphatic heterocycles. The molecule has 6 heteroatoms. The Morgan fingerprint density at radius 3 is 1.76 bits per heavy atom. The van der Waals surface area contributed by atoms with Crippen molar-refractivity contribution in [3.8, 4) is 51.3 Å². The molecule has 3 aromatic heterocycles. The monoisotopic (exact) mass is 591 g/mol. The molecule has 0 atom stereocenters. The minimum atomic E-state index is 0.598. The summed E-state index contributed by atoms with van der Waals surface area (Å²) in [5.41, 5.74) is 8.47. The molecule has 0 radical (unpaired) electrons. The first-order chi connectivity index (χ1) is 22.8. The normalized spacial score (nSPS) is 11.5. The van der Waals surface area contributed by atoms with Crippen LogP contribution in [0.5, 0.6) is 0 Å².